The lowest BCUT2D eigenvalue weighted by Crippen LogP contribution is -2.52. The van der Waals surface area contributed by atoms with E-state index in [9.17, 15) is 14.0 Å². The van der Waals surface area contributed by atoms with E-state index in [0.29, 0.717) is 43.6 Å². The van der Waals surface area contributed by atoms with Gasteiger partial charge in [-0.15, -0.1) is 11.3 Å². The maximum atomic E-state index is 12.9. The molecule has 0 N–H and O–H groups in total. The molecule has 0 atom stereocenters. The molecule has 9 heteroatoms. The molecule has 144 valence electrons. The van der Waals surface area contributed by atoms with Crippen LogP contribution in [0.1, 0.15) is 0 Å². The molecule has 27 heavy (non-hydrogen) atoms. The van der Waals surface area contributed by atoms with E-state index in [4.69, 9.17) is 4.74 Å². The summed E-state index contributed by atoms with van der Waals surface area (Å²) in [6.07, 6.45) is 1.67. The first-order chi connectivity index (χ1) is 13.0. The molecule has 0 spiro atoms. The first-order valence-corrected chi connectivity index (χ1v) is 9.45. The van der Waals surface area contributed by atoms with Gasteiger partial charge in [0, 0.05) is 44.8 Å². The summed E-state index contributed by atoms with van der Waals surface area (Å²) in [7, 11) is 1.72. The second kappa shape index (κ2) is 8.92. The molecule has 2 amide bonds. The van der Waals surface area contributed by atoms with Crippen molar-refractivity contribution >= 4 is 28.3 Å². The van der Waals surface area contributed by atoms with Crippen molar-refractivity contribution in [3.63, 3.8) is 0 Å². The normalized spacial score (nSPS) is 14.8. The number of rotatable bonds is 6. The number of carbonyl (C=O) groups is 2. The Balaban J connectivity index is 1.41. The van der Waals surface area contributed by atoms with Gasteiger partial charge in [-0.1, -0.05) is 0 Å². The Kier molecular flexibility index (Phi) is 6.36. The van der Waals surface area contributed by atoms with Crippen LogP contribution in [0.5, 0.6) is 5.75 Å². The molecule has 0 radical (unpaired) electrons. The van der Waals surface area contributed by atoms with Crippen LogP contribution in [-0.2, 0) is 9.59 Å². The van der Waals surface area contributed by atoms with Gasteiger partial charge in [-0.05, 0) is 24.3 Å². The third-order valence-corrected chi connectivity index (χ3v) is 5.19. The molecule has 1 aliphatic heterocycles. The molecule has 3 rings (SSSR count). The standard InChI is InChI=1S/C18H21FN4O3S/c1-21(18-20-6-11-27-18)16(24)12-22-7-9-23(10-8-22)17(25)13-26-15-4-2-14(19)3-5-15/h2-6,11H,7-10,12-13H2,1H3. The van der Waals surface area contributed by atoms with Crippen LogP contribution in [0.4, 0.5) is 9.52 Å². The van der Waals surface area contributed by atoms with E-state index >= 15 is 0 Å². The summed E-state index contributed by atoms with van der Waals surface area (Å²) < 4.78 is 18.3. The molecular formula is C18H21FN4O3S. The highest BCUT2D eigenvalue weighted by atomic mass is 32.1. The van der Waals surface area contributed by atoms with Gasteiger partial charge in [-0.25, -0.2) is 9.37 Å². The zero-order valence-electron chi connectivity index (χ0n) is 15.0. The first-order valence-electron chi connectivity index (χ1n) is 8.57. The Hall–Kier alpha value is -2.52. The van der Waals surface area contributed by atoms with Gasteiger partial charge in [0.05, 0.1) is 6.54 Å². The van der Waals surface area contributed by atoms with Gasteiger partial charge in [-0.3, -0.25) is 19.4 Å². The van der Waals surface area contributed by atoms with E-state index in [2.05, 4.69) is 4.98 Å². The first kappa shape index (κ1) is 19.2. The lowest BCUT2D eigenvalue weighted by Gasteiger charge is -2.34. The predicted octanol–water partition coefficient (Wildman–Crippen LogP) is 1.47. The van der Waals surface area contributed by atoms with Crippen molar-refractivity contribution in [2.75, 3.05) is 51.3 Å². The van der Waals surface area contributed by atoms with Crippen molar-refractivity contribution in [2.24, 2.45) is 0 Å². The summed E-state index contributed by atoms with van der Waals surface area (Å²) in [6, 6.07) is 5.56. The van der Waals surface area contributed by atoms with Crippen molar-refractivity contribution in [1.82, 2.24) is 14.8 Å². The minimum atomic E-state index is -0.347. The van der Waals surface area contributed by atoms with Crippen molar-refractivity contribution in [3.8, 4) is 5.75 Å². The quantitative estimate of drug-likeness (QED) is 0.745. The summed E-state index contributed by atoms with van der Waals surface area (Å²) in [4.78, 5) is 34.0. The van der Waals surface area contributed by atoms with Crippen LogP contribution in [0.2, 0.25) is 0 Å². The average molecular weight is 392 g/mol. The minimum Gasteiger partial charge on any atom is -0.484 e. The summed E-state index contributed by atoms with van der Waals surface area (Å²) >= 11 is 1.42. The van der Waals surface area contributed by atoms with Gasteiger partial charge in [0.25, 0.3) is 5.91 Å². The fraction of sp³-hybridized carbons (Fsp3) is 0.389. The van der Waals surface area contributed by atoms with Crippen molar-refractivity contribution < 1.29 is 18.7 Å². The van der Waals surface area contributed by atoms with E-state index in [0.717, 1.165) is 0 Å². The Morgan fingerprint density at radius 1 is 1.22 bits per heavy atom. The van der Waals surface area contributed by atoms with Crippen LogP contribution in [0.15, 0.2) is 35.8 Å². The number of amides is 2. The molecule has 0 aliphatic carbocycles. The Bertz CT molecular complexity index is 761. The number of piperazine rings is 1. The maximum Gasteiger partial charge on any atom is 0.260 e. The minimum absolute atomic E-state index is 0.0237. The molecule has 0 unspecified atom stereocenters. The van der Waals surface area contributed by atoms with Crippen LogP contribution in [0.25, 0.3) is 0 Å². The van der Waals surface area contributed by atoms with Gasteiger partial charge < -0.3 is 9.64 Å². The zero-order valence-corrected chi connectivity index (χ0v) is 15.8. The van der Waals surface area contributed by atoms with E-state index in [1.165, 1.54) is 35.6 Å². The van der Waals surface area contributed by atoms with Crippen LogP contribution in [-0.4, -0.2) is 73.0 Å². The van der Waals surface area contributed by atoms with Crippen LogP contribution < -0.4 is 9.64 Å². The summed E-state index contributed by atoms with van der Waals surface area (Å²) in [5.41, 5.74) is 0. The number of ether oxygens (including phenoxy) is 1. The van der Waals surface area contributed by atoms with E-state index in [-0.39, 0.29) is 24.2 Å². The summed E-state index contributed by atoms with van der Waals surface area (Å²) in [5.74, 6) is -0.0337. The molecule has 1 saturated heterocycles. The number of halogens is 1. The van der Waals surface area contributed by atoms with E-state index < -0.39 is 0 Å². The molecule has 0 bridgehead atoms. The molecule has 2 aromatic rings. The Labute approximate surface area is 161 Å². The largest absolute Gasteiger partial charge is 0.484 e. The number of likely N-dealkylation sites (N-methyl/N-ethyl adjacent to an activating group) is 1. The Morgan fingerprint density at radius 2 is 1.93 bits per heavy atom. The molecule has 7 nitrogen and oxygen atoms in total. The van der Waals surface area contributed by atoms with Gasteiger partial charge >= 0.3 is 0 Å². The molecule has 2 heterocycles. The lowest BCUT2D eigenvalue weighted by atomic mass is 10.3. The average Bonchev–Trinajstić information content (AvgIpc) is 3.22. The van der Waals surface area contributed by atoms with Gasteiger partial charge in [0.2, 0.25) is 5.91 Å². The number of aromatic nitrogens is 1. The van der Waals surface area contributed by atoms with E-state index in [1.807, 2.05) is 10.3 Å². The summed E-state index contributed by atoms with van der Waals surface area (Å²) in [6.45, 7) is 2.54. The smallest absolute Gasteiger partial charge is 0.260 e. The summed E-state index contributed by atoms with van der Waals surface area (Å²) in [5, 5.41) is 2.50. The lowest BCUT2D eigenvalue weighted by molar-refractivity contribution is -0.135. The number of hydrogen-bond donors (Lipinski definition) is 0. The monoisotopic (exact) mass is 392 g/mol. The highest BCUT2D eigenvalue weighted by molar-refractivity contribution is 7.13. The number of hydrogen-bond acceptors (Lipinski definition) is 6. The molecule has 1 aliphatic rings. The highest BCUT2D eigenvalue weighted by Gasteiger charge is 2.24. The third-order valence-electron chi connectivity index (χ3n) is 4.34. The second-order valence-corrected chi connectivity index (χ2v) is 7.04. The maximum absolute atomic E-state index is 12.9. The number of anilines is 1. The van der Waals surface area contributed by atoms with Gasteiger partial charge in [0.1, 0.15) is 11.6 Å². The highest BCUT2D eigenvalue weighted by Crippen LogP contribution is 2.16. The van der Waals surface area contributed by atoms with Crippen LogP contribution in [0, 0.1) is 5.82 Å². The molecule has 1 fully saturated rings. The van der Waals surface area contributed by atoms with Gasteiger partial charge in [0.15, 0.2) is 11.7 Å². The fourth-order valence-corrected chi connectivity index (χ4v) is 3.33. The topological polar surface area (TPSA) is 66.0 Å². The second-order valence-electron chi connectivity index (χ2n) is 6.17. The van der Waals surface area contributed by atoms with Crippen molar-refractivity contribution in [1.29, 1.82) is 0 Å². The van der Waals surface area contributed by atoms with Crippen molar-refractivity contribution in [2.45, 2.75) is 0 Å². The SMILES string of the molecule is CN(C(=O)CN1CCN(C(=O)COc2ccc(F)cc2)CC1)c1nccs1. The number of nitrogens with zero attached hydrogens (tertiary/aromatic N) is 4. The van der Waals surface area contributed by atoms with Crippen LogP contribution in [0.3, 0.4) is 0 Å². The number of benzene rings is 1. The molecule has 1 aromatic heterocycles. The number of thiazole rings is 1. The van der Waals surface area contributed by atoms with E-state index in [1.54, 1.807) is 23.0 Å². The molecular weight excluding hydrogens is 371 g/mol. The number of carbonyl (C=O) groups excluding carboxylic acids is 2. The molecule has 1 aromatic carbocycles. The fourth-order valence-electron chi connectivity index (χ4n) is 2.71. The van der Waals surface area contributed by atoms with Gasteiger partial charge in [-0.2, -0.15) is 0 Å². The van der Waals surface area contributed by atoms with Crippen molar-refractivity contribution in [3.05, 3.63) is 41.7 Å². The zero-order chi connectivity index (χ0) is 19.2. The predicted molar refractivity (Wildman–Crippen MR) is 100 cm³/mol. The third kappa shape index (κ3) is 5.24. The Morgan fingerprint density at radius 3 is 2.56 bits per heavy atom. The van der Waals surface area contributed by atoms with Crippen LogP contribution >= 0.6 is 11.3 Å². The molecule has 0 saturated carbocycles.